The van der Waals surface area contributed by atoms with Crippen molar-refractivity contribution in [1.29, 1.82) is 0 Å². The zero-order chi connectivity index (χ0) is 28.3. The van der Waals surface area contributed by atoms with Gasteiger partial charge in [-0.3, -0.25) is 15.1 Å². The van der Waals surface area contributed by atoms with Crippen molar-refractivity contribution < 1.29 is 18.8 Å². The highest BCUT2D eigenvalue weighted by Crippen LogP contribution is 2.43. The number of aromatic nitrogens is 1. The van der Waals surface area contributed by atoms with E-state index >= 15 is 0 Å². The van der Waals surface area contributed by atoms with Gasteiger partial charge in [0.1, 0.15) is 34.8 Å². The van der Waals surface area contributed by atoms with Gasteiger partial charge in [-0.05, 0) is 85.0 Å². The Hall–Kier alpha value is -5.22. The van der Waals surface area contributed by atoms with Gasteiger partial charge >= 0.3 is 0 Å². The molecular weight excluding hydrogens is 540 g/mol. The van der Waals surface area contributed by atoms with Crippen molar-refractivity contribution in [2.75, 3.05) is 12.0 Å². The molecule has 41 heavy (non-hydrogen) atoms. The molecule has 6 rings (SSSR count). The number of hydrogen-bond acceptors (Lipinski definition) is 7. The molecular formula is C31H24N4O5S. The van der Waals surface area contributed by atoms with Crippen LogP contribution in [0.2, 0.25) is 0 Å². The van der Waals surface area contributed by atoms with Gasteiger partial charge in [0.25, 0.3) is 5.69 Å². The maximum absolute atomic E-state index is 11.3. The number of pyridine rings is 1. The van der Waals surface area contributed by atoms with Gasteiger partial charge in [0.15, 0.2) is 5.11 Å². The number of non-ortho nitro benzene ring substituents is 1. The second kappa shape index (κ2) is 11.1. The van der Waals surface area contributed by atoms with E-state index in [1.807, 2.05) is 83.8 Å². The highest BCUT2D eigenvalue weighted by atomic mass is 32.1. The largest absolute Gasteiger partial charge is 0.497 e. The molecule has 1 fully saturated rings. The van der Waals surface area contributed by atoms with E-state index in [0.717, 1.165) is 17.1 Å². The number of anilines is 1. The molecule has 0 unspecified atom stereocenters. The van der Waals surface area contributed by atoms with Gasteiger partial charge in [0, 0.05) is 29.6 Å². The van der Waals surface area contributed by atoms with Crippen molar-refractivity contribution in [1.82, 2.24) is 10.3 Å². The Morgan fingerprint density at radius 3 is 2.34 bits per heavy atom. The number of hydrogen-bond donors (Lipinski definition) is 1. The van der Waals surface area contributed by atoms with Crippen LogP contribution in [-0.4, -0.2) is 22.1 Å². The number of benzene rings is 3. The average molecular weight is 565 g/mol. The van der Waals surface area contributed by atoms with Crippen LogP contribution < -0.4 is 19.7 Å². The summed E-state index contributed by atoms with van der Waals surface area (Å²) in [5, 5.41) is 15.2. The highest BCUT2D eigenvalue weighted by Gasteiger charge is 2.42. The van der Waals surface area contributed by atoms with E-state index in [9.17, 15) is 10.1 Å². The van der Waals surface area contributed by atoms with Crippen molar-refractivity contribution in [2.45, 2.75) is 12.1 Å². The summed E-state index contributed by atoms with van der Waals surface area (Å²) in [7, 11) is 1.62. The second-order valence-electron chi connectivity index (χ2n) is 9.28. The van der Waals surface area contributed by atoms with Gasteiger partial charge in [0.05, 0.1) is 23.8 Å². The van der Waals surface area contributed by atoms with E-state index in [1.54, 1.807) is 25.4 Å². The summed E-state index contributed by atoms with van der Waals surface area (Å²) >= 11 is 5.81. The molecule has 204 valence electrons. The van der Waals surface area contributed by atoms with Crippen molar-refractivity contribution in [2.24, 2.45) is 0 Å². The average Bonchev–Trinajstić information content (AvgIpc) is 3.63. The molecule has 2 aromatic heterocycles. The minimum Gasteiger partial charge on any atom is -0.497 e. The number of methoxy groups -OCH3 is 1. The van der Waals surface area contributed by atoms with E-state index < -0.39 is 4.92 Å². The van der Waals surface area contributed by atoms with Gasteiger partial charge in [-0.1, -0.05) is 18.2 Å². The van der Waals surface area contributed by atoms with Crippen molar-refractivity contribution in [3.05, 3.63) is 131 Å². The number of furan rings is 1. The highest BCUT2D eigenvalue weighted by molar-refractivity contribution is 7.80. The Morgan fingerprint density at radius 2 is 1.66 bits per heavy atom. The van der Waals surface area contributed by atoms with Gasteiger partial charge in [0.2, 0.25) is 0 Å². The van der Waals surface area contributed by atoms with Crippen LogP contribution in [0, 0.1) is 10.1 Å². The third-order valence-electron chi connectivity index (χ3n) is 6.77. The Labute approximate surface area is 241 Å². The lowest BCUT2D eigenvalue weighted by molar-refractivity contribution is -0.384. The molecule has 1 saturated heterocycles. The molecule has 0 saturated carbocycles. The number of rotatable bonds is 8. The normalized spacial score (nSPS) is 16.3. The summed E-state index contributed by atoms with van der Waals surface area (Å²) < 4.78 is 17.6. The zero-order valence-electron chi connectivity index (χ0n) is 21.8. The fraction of sp³-hybridized carbons (Fsp3) is 0.0968. The van der Waals surface area contributed by atoms with E-state index in [-0.39, 0.29) is 17.8 Å². The van der Waals surface area contributed by atoms with Crippen LogP contribution in [0.3, 0.4) is 0 Å². The summed E-state index contributed by atoms with van der Waals surface area (Å²) in [5.74, 6) is 3.26. The smallest absolute Gasteiger partial charge is 0.270 e. The lowest BCUT2D eigenvalue weighted by atomic mass is 10.0. The molecule has 1 aliphatic rings. The maximum atomic E-state index is 11.3. The molecule has 9 nitrogen and oxygen atoms in total. The third-order valence-corrected chi connectivity index (χ3v) is 7.08. The Balaban J connectivity index is 1.33. The summed E-state index contributed by atoms with van der Waals surface area (Å²) in [6.45, 7) is 0. The molecule has 1 aliphatic heterocycles. The summed E-state index contributed by atoms with van der Waals surface area (Å²) in [5.41, 5.74) is 2.24. The standard InChI is InChI=1S/C31H24N4O5S/c1-38-23-12-14-25(15-13-23)39-24-10-8-21(9-11-24)34-30(29(33-31(34)41)26-7-2-3-18-32-26)28-17-16-27(40-28)20-5-4-6-22(19-20)35(36)37/h2-19,29-30H,1H3,(H,33,41)/t29-,30-/m1/s1. The van der Waals surface area contributed by atoms with Gasteiger partial charge in [-0.25, -0.2) is 0 Å². The molecule has 5 aromatic rings. The van der Waals surface area contributed by atoms with Crippen molar-refractivity contribution in [3.63, 3.8) is 0 Å². The monoisotopic (exact) mass is 564 g/mol. The number of ether oxygens (including phenoxy) is 2. The number of nitrogens with zero attached hydrogens (tertiary/aromatic N) is 3. The topological polar surface area (TPSA) is 103 Å². The molecule has 3 aromatic carbocycles. The summed E-state index contributed by atoms with van der Waals surface area (Å²) in [6, 6.07) is 30.1. The number of thiocarbonyl (C=S) groups is 1. The van der Waals surface area contributed by atoms with Crippen LogP contribution in [0.4, 0.5) is 11.4 Å². The third kappa shape index (κ3) is 5.32. The molecule has 1 N–H and O–H groups in total. The molecule has 3 heterocycles. The molecule has 10 heteroatoms. The predicted octanol–water partition coefficient (Wildman–Crippen LogP) is 7.23. The fourth-order valence-electron chi connectivity index (χ4n) is 4.82. The fourth-order valence-corrected chi connectivity index (χ4v) is 5.16. The van der Waals surface area contributed by atoms with E-state index in [1.165, 1.54) is 12.1 Å². The zero-order valence-corrected chi connectivity index (χ0v) is 22.7. The minimum absolute atomic E-state index is 0.00546. The Kier molecular flexibility index (Phi) is 7.05. The molecule has 0 amide bonds. The van der Waals surface area contributed by atoms with Crippen molar-refractivity contribution >= 4 is 28.7 Å². The first kappa shape index (κ1) is 26.0. The first-order valence-corrected chi connectivity index (χ1v) is 13.2. The van der Waals surface area contributed by atoms with Crippen molar-refractivity contribution in [3.8, 4) is 28.6 Å². The maximum Gasteiger partial charge on any atom is 0.270 e. The second-order valence-corrected chi connectivity index (χ2v) is 9.66. The lowest BCUT2D eigenvalue weighted by Gasteiger charge is -2.26. The van der Waals surface area contributed by atoms with Crippen LogP contribution in [0.1, 0.15) is 23.5 Å². The minimum atomic E-state index is -0.423. The SMILES string of the molecule is COc1ccc(Oc2ccc(N3C(=S)N[C@H](c4ccccn4)[C@H]3c3ccc(-c4cccc([N+](=O)[O-])c4)o3)cc2)cc1. The number of nitro groups is 1. The van der Waals surface area contributed by atoms with E-state index in [4.69, 9.17) is 26.1 Å². The quantitative estimate of drug-likeness (QED) is 0.119. The van der Waals surface area contributed by atoms with E-state index in [0.29, 0.717) is 33.7 Å². The summed E-state index contributed by atoms with van der Waals surface area (Å²) in [6.07, 6.45) is 1.74. The lowest BCUT2D eigenvalue weighted by Crippen LogP contribution is -2.29. The van der Waals surface area contributed by atoms with Gasteiger partial charge in [-0.15, -0.1) is 0 Å². The van der Waals surface area contributed by atoms with Crippen LogP contribution in [0.25, 0.3) is 11.3 Å². The van der Waals surface area contributed by atoms with E-state index in [2.05, 4.69) is 10.3 Å². The molecule has 0 bridgehead atoms. The van der Waals surface area contributed by atoms with Gasteiger partial charge in [-0.2, -0.15) is 0 Å². The van der Waals surface area contributed by atoms with Crippen LogP contribution in [0.5, 0.6) is 17.2 Å². The molecule has 0 spiro atoms. The summed E-state index contributed by atoms with van der Waals surface area (Å²) in [4.78, 5) is 17.5. The number of nitrogens with one attached hydrogen (secondary N) is 1. The first-order valence-electron chi connectivity index (χ1n) is 12.8. The molecule has 0 aliphatic carbocycles. The van der Waals surface area contributed by atoms with Gasteiger partial charge < -0.3 is 24.1 Å². The van der Waals surface area contributed by atoms with Crippen LogP contribution in [0.15, 0.2) is 114 Å². The first-order chi connectivity index (χ1) is 20.0. The van der Waals surface area contributed by atoms with Crippen LogP contribution in [-0.2, 0) is 0 Å². The predicted molar refractivity (Wildman–Crippen MR) is 158 cm³/mol. The number of nitro benzene ring substituents is 1. The van der Waals surface area contributed by atoms with Crippen LogP contribution >= 0.6 is 12.2 Å². The Bertz CT molecular complexity index is 1690. The molecule has 0 radical (unpaired) electrons. The Morgan fingerprint density at radius 1 is 0.927 bits per heavy atom. The molecule has 2 atom stereocenters.